The first-order valence-electron chi connectivity index (χ1n) is 7.05. The number of aliphatic carboxylic acids is 1. The number of nitrogens with two attached hydrogens (primary N) is 1. The van der Waals surface area contributed by atoms with Gasteiger partial charge >= 0.3 is 11.7 Å². The Morgan fingerprint density at radius 2 is 2.09 bits per heavy atom. The van der Waals surface area contributed by atoms with Crippen LogP contribution in [-0.4, -0.2) is 61.8 Å². The second-order valence-electron chi connectivity index (χ2n) is 5.43. The van der Waals surface area contributed by atoms with Crippen LogP contribution in [0.4, 0.5) is 0 Å². The Labute approximate surface area is 130 Å². The second kappa shape index (κ2) is 6.75. The van der Waals surface area contributed by atoms with Crippen molar-refractivity contribution in [1.29, 1.82) is 0 Å². The molecule has 0 spiro atoms. The third kappa shape index (κ3) is 3.85. The zero-order valence-corrected chi connectivity index (χ0v) is 12.2. The minimum absolute atomic E-state index is 0.00989. The van der Waals surface area contributed by atoms with Crippen LogP contribution in [0.1, 0.15) is 18.9 Å². The number of hydrogen-bond donors (Lipinski definition) is 4. The zero-order valence-electron chi connectivity index (χ0n) is 12.2. The predicted molar refractivity (Wildman–Crippen MR) is 77.8 cm³/mol. The molecule has 1 saturated heterocycles. The molecule has 1 fully saturated rings. The van der Waals surface area contributed by atoms with E-state index in [1.807, 2.05) is 0 Å². The average molecular weight is 326 g/mol. The molecular formula is C13H18N4O6. The van der Waals surface area contributed by atoms with E-state index in [1.54, 1.807) is 0 Å². The van der Waals surface area contributed by atoms with Crippen molar-refractivity contribution in [1.82, 2.24) is 14.5 Å². The third-order valence-corrected chi connectivity index (χ3v) is 3.81. The van der Waals surface area contributed by atoms with Crippen molar-refractivity contribution in [2.45, 2.75) is 31.0 Å². The standard InChI is InChI=1S/C13H18N4O6/c14-7(12(21)22)1-2-11(20)16-5-8(9(18)6-16)17-4-3-10(19)15-13(17)23/h3-4,7-9,18H,1-2,5-6,14H2,(H,21,22)(H,15,19,23)/t7-,8-,9-/m0/s1. The molecule has 2 heterocycles. The highest BCUT2D eigenvalue weighted by atomic mass is 16.4. The van der Waals surface area contributed by atoms with Gasteiger partial charge in [0.15, 0.2) is 0 Å². The van der Waals surface area contributed by atoms with Gasteiger partial charge in [-0.15, -0.1) is 0 Å². The molecule has 1 aliphatic rings. The molecular weight excluding hydrogens is 308 g/mol. The molecule has 0 bridgehead atoms. The van der Waals surface area contributed by atoms with Gasteiger partial charge in [-0.3, -0.25) is 23.9 Å². The number of nitrogens with zero attached hydrogens (tertiary/aromatic N) is 2. The monoisotopic (exact) mass is 326 g/mol. The van der Waals surface area contributed by atoms with Gasteiger partial charge in [0.1, 0.15) is 6.04 Å². The van der Waals surface area contributed by atoms with E-state index < -0.39 is 35.4 Å². The molecule has 0 aromatic carbocycles. The maximum Gasteiger partial charge on any atom is 0.328 e. The fourth-order valence-corrected chi connectivity index (χ4v) is 2.50. The van der Waals surface area contributed by atoms with Crippen molar-refractivity contribution in [2.75, 3.05) is 13.1 Å². The Bertz CT molecular complexity index is 711. The molecule has 0 saturated carbocycles. The SMILES string of the molecule is N[C@@H](CCC(=O)N1C[C@H](O)[C@@H](n2ccc(=O)[nH]c2=O)C1)C(=O)O. The molecule has 10 nitrogen and oxygen atoms in total. The number of aromatic amines is 1. The quantitative estimate of drug-likeness (QED) is 0.464. The van der Waals surface area contributed by atoms with Gasteiger partial charge in [-0.05, 0) is 6.42 Å². The van der Waals surface area contributed by atoms with Crippen LogP contribution in [0.5, 0.6) is 0 Å². The Morgan fingerprint density at radius 3 is 2.70 bits per heavy atom. The molecule has 1 amide bonds. The summed E-state index contributed by atoms with van der Waals surface area (Å²) in [5.74, 6) is -1.53. The molecule has 126 valence electrons. The van der Waals surface area contributed by atoms with Gasteiger partial charge in [-0.25, -0.2) is 4.79 Å². The summed E-state index contributed by atoms with van der Waals surface area (Å²) in [6.45, 7) is 0.117. The number of hydrogen-bond acceptors (Lipinski definition) is 6. The summed E-state index contributed by atoms with van der Waals surface area (Å²) in [5, 5.41) is 18.7. The van der Waals surface area contributed by atoms with E-state index in [0.717, 1.165) is 6.07 Å². The molecule has 0 unspecified atom stereocenters. The fourth-order valence-electron chi connectivity index (χ4n) is 2.50. The number of carbonyl (C=O) groups excluding carboxylic acids is 1. The number of nitrogens with one attached hydrogen (secondary N) is 1. The number of aromatic nitrogens is 2. The summed E-state index contributed by atoms with van der Waals surface area (Å²) >= 11 is 0. The van der Waals surface area contributed by atoms with Crippen molar-refractivity contribution in [2.24, 2.45) is 5.73 Å². The summed E-state index contributed by atoms with van der Waals surface area (Å²) in [6.07, 6.45) is 0.233. The predicted octanol–water partition coefficient (Wildman–Crippen LogP) is -2.53. The lowest BCUT2D eigenvalue weighted by atomic mass is 10.1. The highest BCUT2D eigenvalue weighted by Gasteiger charge is 2.35. The van der Waals surface area contributed by atoms with E-state index in [4.69, 9.17) is 10.8 Å². The van der Waals surface area contributed by atoms with Gasteiger partial charge < -0.3 is 20.8 Å². The van der Waals surface area contributed by atoms with Crippen LogP contribution in [0.2, 0.25) is 0 Å². The van der Waals surface area contributed by atoms with E-state index in [2.05, 4.69) is 4.98 Å². The van der Waals surface area contributed by atoms with Gasteiger partial charge in [0.25, 0.3) is 5.56 Å². The van der Waals surface area contributed by atoms with Crippen LogP contribution in [0, 0.1) is 0 Å². The maximum atomic E-state index is 12.1. The molecule has 1 aliphatic heterocycles. The first-order chi connectivity index (χ1) is 10.8. The Balaban J connectivity index is 2.03. The van der Waals surface area contributed by atoms with E-state index in [9.17, 15) is 24.3 Å². The molecule has 0 radical (unpaired) electrons. The Kier molecular flexibility index (Phi) is 4.96. The summed E-state index contributed by atoms with van der Waals surface area (Å²) < 4.78 is 1.17. The van der Waals surface area contributed by atoms with Crippen LogP contribution in [-0.2, 0) is 9.59 Å². The summed E-state index contributed by atoms with van der Waals surface area (Å²) in [4.78, 5) is 48.9. The van der Waals surface area contributed by atoms with Crippen LogP contribution in [0.15, 0.2) is 21.9 Å². The molecule has 1 aromatic rings. The fraction of sp³-hybridized carbons (Fsp3) is 0.538. The molecule has 10 heteroatoms. The molecule has 2 rings (SSSR count). The van der Waals surface area contributed by atoms with Gasteiger partial charge in [0.05, 0.1) is 12.1 Å². The van der Waals surface area contributed by atoms with Gasteiger partial charge in [0, 0.05) is 31.8 Å². The average Bonchev–Trinajstić information content (AvgIpc) is 2.86. The van der Waals surface area contributed by atoms with Crippen molar-refractivity contribution < 1.29 is 19.8 Å². The summed E-state index contributed by atoms with van der Waals surface area (Å²) in [6, 6.07) is -0.634. The number of carbonyl (C=O) groups is 2. The zero-order chi connectivity index (χ0) is 17.1. The smallest absolute Gasteiger partial charge is 0.328 e. The number of aliphatic hydroxyl groups excluding tert-OH is 1. The highest BCUT2D eigenvalue weighted by Crippen LogP contribution is 2.21. The van der Waals surface area contributed by atoms with Crippen LogP contribution in [0.3, 0.4) is 0 Å². The molecule has 0 aliphatic carbocycles. The lowest BCUT2D eigenvalue weighted by Crippen LogP contribution is -2.36. The number of carboxylic acids is 1. The number of rotatable bonds is 5. The molecule has 5 N–H and O–H groups in total. The third-order valence-electron chi connectivity index (χ3n) is 3.81. The number of amides is 1. The maximum absolute atomic E-state index is 12.1. The lowest BCUT2D eigenvalue weighted by Gasteiger charge is -2.17. The number of likely N-dealkylation sites (tertiary alicyclic amines) is 1. The summed E-state index contributed by atoms with van der Waals surface area (Å²) in [7, 11) is 0. The lowest BCUT2D eigenvalue weighted by molar-refractivity contribution is -0.139. The highest BCUT2D eigenvalue weighted by molar-refractivity contribution is 5.78. The van der Waals surface area contributed by atoms with Crippen molar-refractivity contribution >= 4 is 11.9 Å². The summed E-state index contributed by atoms with van der Waals surface area (Å²) in [5.41, 5.74) is 4.13. The molecule has 23 heavy (non-hydrogen) atoms. The van der Waals surface area contributed by atoms with Crippen LogP contribution in [0.25, 0.3) is 0 Å². The number of H-pyrrole nitrogens is 1. The van der Waals surface area contributed by atoms with Crippen molar-refractivity contribution in [3.8, 4) is 0 Å². The van der Waals surface area contributed by atoms with Crippen molar-refractivity contribution in [3.63, 3.8) is 0 Å². The minimum atomic E-state index is -1.18. The van der Waals surface area contributed by atoms with E-state index in [0.29, 0.717) is 0 Å². The molecule has 1 aromatic heterocycles. The Hall–Kier alpha value is -2.46. The minimum Gasteiger partial charge on any atom is -0.480 e. The Morgan fingerprint density at radius 1 is 1.39 bits per heavy atom. The first kappa shape index (κ1) is 16.9. The van der Waals surface area contributed by atoms with Gasteiger partial charge in [-0.1, -0.05) is 0 Å². The van der Waals surface area contributed by atoms with Crippen molar-refractivity contribution in [3.05, 3.63) is 33.1 Å². The second-order valence-corrected chi connectivity index (χ2v) is 5.43. The topological polar surface area (TPSA) is 159 Å². The normalized spacial score (nSPS) is 22.1. The number of aliphatic hydroxyl groups is 1. The van der Waals surface area contributed by atoms with Gasteiger partial charge in [0.2, 0.25) is 5.91 Å². The molecule has 3 atom stereocenters. The van der Waals surface area contributed by atoms with Crippen LogP contribution < -0.4 is 17.0 Å². The number of carboxylic acid groups (broad SMARTS) is 1. The van der Waals surface area contributed by atoms with E-state index in [1.165, 1.54) is 15.7 Å². The van der Waals surface area contributed by atoms with E-state index in [-0.39, 0.29) is 31.8 Å². The van der Waals surface area contributed by atoms with Crippen LogP contribution >= 0.6 is 0 Å². The first-order valence-corrected chi connectivity index (χ1v) is 7.05. The van der Waals surface area contributed by atoms with Gasteiger partial charge in [-0.2, -0.15) is 0 Å². The largest absolute Gasteiger partial charge is 0.480 e. The van der Waals surface area contributed by atoms with E-state index >= 15 is 0 Å². The number of β-amino-alcohol motifs (C(OH)–C–C–N with tert-alkyl or cyclic N) is 1.